The van der Waals surface area contributed by atoms with Gasteiger partial charge in [0, 0.05) is 22.8 Å². The van der Waals surface area contributed by atoms with Crippen LogP contribution in [0.2, 0.25) is 0 Å². The topological polar surface area (TPSA) is 89.6 Å². The van der Waals surface area contributed by atoms with E-state index in [-0.39, 0.29) is 12.0 Å². The molecule has 4 heterocycles. The molecule has 5 rings (SSSR count). The van der Waals surface area contributed by atoms with Gasteiger partial charge in [-0.15, -0.1) is 11.3 Å². The molecular weight excluding hydrogens is 384 g/mol. The highest BCUT2D eigenvalue weighted by atomic mass is 32.1. The number of pyridine rings is 1. The zero-order valence-electron chi connectivity index (χ0n) is 16.4. The zero-order valence-corrected chi connectivity index (χ0v) is 17.2. The Morgan fingerprint density at radius 3 is 2.76 bits per heavy atom. The standard InChI is InChI=1S/C21H22N6OS/c1-12(2)17(20-26-18(27-28-20)13-7-9-22-10-8-13)25-19-16-14-5-3-4-6-15(14)29-21(16)24-11-23-19/h7-12,17H,3-6H2,1-2H3,(H,23,24,25). The summed E-state index contributed by atoms with van der Waals surface area (Å²) in [5.74, 6) is 2.22. The summed E-state index contributed by atoms with van der Waals surface area (Å²) in [5, 5.41) is 8.91. The Labute approximate surface area is 172 Å². The first-order chi connectivity index (χ1) is 14.2. The van der Waals surface area contributed by atoms with Crippen molar-refractivity contribution in [2.45, 2.75) is 45.6 Å². The molecule has 1 aliphatic carbocycles. The summed E-state index contributed by atoms with van der Waals surface area (Å²) in [6.07, 6.45) is 9.80. The number of anilines is 1. The summed E-state index contributed by atoms with van der Waals surface area (Å²) in [5.41, 5.74) is 2.29. The van der Waals surface area contributed by atoms with E-state index in [0.29, 0.717) is 11.7 Å². The zero-order chi connectivity index (χ0) is 19.8. The molecule has 148 valence electrons. The minimum absolute atomic E-state index is 0.143. The number of hydrogen-bond acceptors (Lipinski definition) is 8. The Morgan fingerprint density at radius 1 is 1.10 bits per heavy atom. The lowest BCUT2D eigenvalue weighted by molar-refractivity contribution is 0.336. The van der Waals surface area contributed by atoms with Gasteiger partial charge in [0.1, 0.15) is 23.0 Å². The minimum atomic E-state index is -0.143. The minimum Gasteiger partial charge on any atom is -0.358 e. The molecule has 0 aliphatic heterocycles. The number of nitrogens with one attached hydrogen (secondary N) is 1. The molecule has 8 heteroatoms. The van der Waals surface area contributed by atoms with Crippen LogP contribution in [0.4, 0.5) is 5.82 Å². The van der Waals surface area contributed by atoms with Crippen LogP contribution in [-0.4, -0.2) is 25.1 Å². The van der Waals surface area contributed by atoms with Crippen molar-refractivity contribution in [2.75, 3.05) is 5.32 Å². The Hall–Kier alpha value is -2.87. The van der Waals surface area contributed by atoms with Gasteiger partial charge in [0.15, 0.2) is 0 Å². The molecule has 1 aliphatic rings. The fraction of sp³-hybridized carbons (Fsp3) is 0.381. The number of hydrogen-bond donors (Lipinski definition) is 1. The van der Waals surface area contributed by atoms with Crippen molar-refractivity contribution in [1.82, 2.24) is 25.1 Å². The monoisotopic (exact) mass is 406 g/mol. The van der Waals surface area contributed by atoms with Gasteiger partial charge in [0.25, 0.3) is 0 Å². The summed E-state index contributed by atoms with van der Waals surface area (Å²) in [6.45, 7) is 4.27. The summed E-state index contributed by atoms with van der Waals surface area (Å²) in [7, 11) is 0. The van der Waals surface area contributed by atoms with Crippen LogP contribution in [0, 0.1) is 5.92 Å². The molecule has 0 aromatic carbocycles. The van der Waals surface area contributed by atoms with Crippen LogP contribution in [0.1, 0.15) is 49.1 Å². The first-order valence-corrected chi connectivity index (χ1v) is 10.8. The quantitative estimate of drug-likeness (QED) is 0.508. The number of rotatable bonds is 5. The highest BCUT2D eigenvalue weighted by molar-refractivity contribution is 7.19. The van der Waals surface area contributed by atoms with E-state index in [1.807, 2.05) is 12.1 Å². The molecule has 0 radical (unpaired) electrons. The second-order valence-corrected chi connectivity index (χ2v) is 8.76. The van der Waals surface area contributed by atoms with Gasteiger partial charge in [-0.05, 0) is 49.3 Å². The van der Waals surface area contributed by atoms with Crippen molar-refractivity contribution >= 4 is 27.4 Å². The normalized spacial score (nSPS) is 14.9. The maximum absolute atomic E-state index is 5.64. The Kier molecular flexibility index (Phi) is 4.71. The predicted molar refractivity (Wildman–Crippen MR) is 113 cm³/mol. The second kappa shape index (κ2) is 7.51. The maximum Gasteiger partial charge on any atom is 0.249 e. The molecule has 7 nitrogen and oxygen atoms in total. The van der Waals surface area contributed by atoms with Crippen LogP contribution >= 0.6 is 11.3 Å². The Morgan fingerprint density at radius 2 is 1.93 bits per heavy atom. The van der Waals surface area contributed by atoms with Crippen molar-refractivity contribution in [3.8, 4) is 11.4 Å². The molecule has 0 amide bonds. The number of thiophene rings is 1. The van der Waals surface area contributed by atoms with Gasteiger partial charge in [-0.3, -0.25) is 4.98 Å². The van der Waals surface area contributed by atoms with E-state index < -0.39 is 0 Å². The molecule has 0 saturated heterocycles. The molecule has 0 spiro atoms. The Balaban J connectivity index is 1.51. The van der Waals surface area contributed by atoms with Gasteiger partial charge in [-0.25, -0.2) is 9.97 Å². The van der Waals surface area contributed by atoms with Crippen molar-refractivity contribution in [1.29, 1.82) is 0 Å². The van der Waals surface area contributed by atoms with Crippen molar-refractivity contribution < 1.29 is 4.52 Å². The lowest BCUT2D eigenvalue weighted by atomic mass is 9.96. The first kappa shape index (κ1) is 18.2. The SMILES string of the molecule is CC(C)C(Nc1ncnc2sc3c(c12)CCCC3)c1nc(-c2ccncc2)no1. The summed E-state index contributed by atoms with van der Waals surface area (Å²) in [4.78, 5) is 20.3. The summed E-state index contributed by atoms with van der Waals surface area (Å²) >= 11 is 1.80. The van der Waals surface area contributed by atoms with Gasteiger partial charge in [-0.1, -0.05) is 19.0 Å². The molecule has 4 aromatic heterocycles. The van der Waals surface area contributed by atoms with Crippen LogP contribution in [0.3, 0.4) is 0 Å². The second-order valence-electron chi connectivity index (χ2n) is 7.67. The van der Waals surface area contributed by atoms with E-state index >= 15 is 0 Å². The highest BCUT2D eigenvalue weighted by Gasteiger charge is 2.26. The van der Waals surface area contributed by atoms with Crippen molar-refractivity contribution in [2.24, 2.45) is 5.92 Å². The lowest BCUT2D eigenvalue weighted by Crippen LogP contribution is -2.18. The molecule has 29 heavy (non-hydrogen) atoms. The first-order valence-electron chi connectivity index (χ1n) is 9.96. The molecule has 0 bridgehead atoms. The van der Waals surface area contributed by atoms with Crippen LogP contribution in [0.15, 0.2) is 35.4 Å². The fourth-order valence-electron chi connectivity index (χ4n) is 3.84. The van der Waals surface area contributed by atoms with E-state index in [0.717, 1.165) is 34.4 Å². The largest absolute Gasteiger partial charge is 0.358 e. The lowest BCUT2D eigenvalue weighted by Gasteiger charge is -2.20. The maximum atomic E-state index is 5.64. The molecule has 0 fully saturated rings. The average Bonchev–Trinajstić information content (AvgIpc) is 3.37. The molecule has 4 aromatic rings. The van der Waals surface area contributed by atoms with E-state index in [1.54, 1.807) is 30.1 Å². The number of aromatic nitrogens is 5. The number of nitrogens with zero attached hydrogens (tertiary/aromatic N) is 5. The van der Waals surface area contributed by atoms with Gasteiger partial charge >= 0.3 is 0 Å². The van der Waals surface area contributed by atoms with E-state index in [9.17, 15) is 0 Å². The molecule has 1 atom stereocenters. The smallest absolute Gasteiger partial charge is 0.249 e. The third-order valence-corrected chi connectivity index (χ3v) is 6.56. The predicted octanol–water partition coefficient (Wildman–Crippen LogP) is 4.82. The fourth-order valence-corrected chi connectivity index (χ4v) is 5.07. The summed E-state index contributed by atoms with van der Waals surface area (Å²) < 4.78 is 5.64. The van der Waals surface area contributed by atoms with Crippen LogP contribution in [0.5, 0.6) is 0 Å². The third-order valence-electron chi connectivity index (χ3n) is 5.36. The molecule has 0 saturated carbocycles. The van der Waals surface area contributed by atoms with Crippen molar-refractivity contribution in [3.05, 3.63) is 47.2 Å². The van der Waals surface area contributed by atoms with Crippen molar-refractivity contribution in [3.63, 3.8) is 0 Å². The van der Waals surface area contributed by atoms with Gasteiger partial charge < -0.3 is 9.84 Å². The average molecular weight is 407 g/mol. The van der Waals surface area contributed by atoms with E-state index in [4.69, 9.17) is 4.52 Å². The van der Waals surface area contributed by atoms with Crippen LogP contribution in [-0.2, 0) is 12.8 Å². The van der Waals surface area contributed by atoms with Crippen LogP contribution in [0.25, 0.3) is 21.6 Å². The Bertz CT molecular complexity index is 1140. The number of aryl methyl sites for hydroxylation is 2. The van der Waals surface area contributed by atoms with Gasteiger partial charge in [0.2, 0.25) is 11.7 Å². The molecule has 1 N–H and O–H groups in total. The van der Waals surface area contributed by atoms with E-state index in [1.165, 1.54) is 23.3 Å². The summed E-state index contributed by atoms with van der Waals surface area (Å²) in [6, 6.07) is 3.60. The van der Waals surface area contributed by atoms with Crippen LogP contribution < -0.4 is 5.32 Å². The molecular formula is C21H22N6OS. The van der Waals surface area contributed by atoms with Gasteiger partial charge in [0.05, 0.1) is 5.39 Å². The number of fused-ring (bicyclic) bond motifs is 3. The highest BCUT2D eigenvalue weighted by Crippen LogP contribution is 2.39. The third kappa shape index (κ3) is 3.37. The molecule has 1 unspecified atom stereocenters. The van der Waals surface area contributed by atoms with E-state index in [2.05, 4.69) is 44.3 Å². The van der Waals surface area contributed by atoms with Gasteiger partial charge in [-0.2, -0.15) is 4.98 Å².